The summed E-state index contributed by atoms with van der Waals surface area (Å²) < 4.78 is 41.9. The molecular weight excluding hydrogens is 289 g/mol. The average Bonchev–Trinajstić information content (AvgIpc) is 2.43. The van der Waals surface area contributed by atoms with Gasteiger partial charge in [0.15, 0.2) is 6.61 Å². The van der Waals surface area contributed by atoms with Crippen molar-refractivity contribution in [2.75, 3.05) is 6.61 Å². The third kappa shape index (κ3) is 2.61. The highest BCUT2D eigenvalue weighted by atomic mass is 19.4. The first-order valence-electron chi connectivity index (χ1n) is 8.22. The zero-order valence-electron chi connectivity index (χ0n) is 12.5. The lowest BCUT2D eigenvalue weighted by Gasteiger charge is -2.57. The number of rotatable bonds is 3. The van der Waals surface area contributed by atoms with Crippen LogP contribution in [0.2, 0.25) is 0 Å². The Balaban J connectivity index is 1.57. The van der Waals surface area contributed by atoms with Gasteiger partial charge in [-0.2, -0.15) is 13.2 Å². The molecule has 0 aromatic heterocycles. The van der Waals surface area contributed by atoms with E-state index in [1.54, 1.807) is 6.07 Å². The molecule has 1 nitrogen and oxygen atoms in total. The van der Waals surface area contributed by atoms with Gasteiger partial charge in [-0.3, -0.25) is 0 Å². The number of hydrogen-bond acceptors (Lipinski definition) is 1. The van der Waals surface area contributed by atoms with Crippen LogP contribution in [0.4, 0.5) is 13.2 Å². The van der Waals surface area contributed by atoms with Crippen molar-refractivity contribution in [2.45, 2.75) is 50.1 Å². The average molecular weight is 310 g/mol. The number of hydrogen-bond donors (Lipinski definition) is 0. The molecule has 0 spiro atoms. The zero-order valence-corrected chi connectivity index (χ0v) is 12.5. The molecule has 0 heterocycles. The van der Waals surface area contributed by atoms with Gasteiger partial charge in [-0.25, -0.2) is 0 Å². The van der Waals surface area contributed by atoms with Crippen LogP contribution in [-0.4, -0.2) is 12.8 Å². The molecule has 0 radical (unpaired) electrons. The second-order valence-electron chi connectivity index (χ2n) is 7.63. The molecule has 1 aromatic rings. The predicted molar refractivity (Wildman–Crippen MR) is 77.8 cm³/mol. The van der Waals surface area contributed by atoms with E-state index in [0.717, 1.165) is 17.8 Å². The minimum Gasteiger partial charge on any atom is -0.484 e. The zero-order chi connectivity index (χ0) is 15.4. The van der Waals surface area contributed by atoms with E-state index in [-0.39, 0.29) is 5.41 Å². The van der Waals surface area contributed by atoms with Crippen LogP contribution < -0.4 is 4.74 Å². The SMILES string of the molecule is FC(F)(F)COc1cccc(C23CC4CC(CC(C4)C2)C3)c1. The molecule has 1 aromatic carbocycles. The molecular formula is C18H21F3O. The third-order valence-corrected chi connectivity index (χ3v) is 5.89. The Morgan fingerprint density at radius 2 is 1.59 bits per heavy atom. The summed E-state index contributed by atoms with van der Waals surface area (Å²) >= 11 is 0. The van der Waals surface area contributed by atoms with Crippen LogP contribution in [0.5, 0.6) is 5.75 Å². The van der Waals surface area contributed by atoms with Gasteiger partial charge in [-0.05, 0) is 79.4 Å². The lowest BCUT2D eigenvalue weighted by atomic mass is 9.48. The van der Waals surface area contributed by atoms with E-state index in [1.165, 1.54) is 44.1 Å². The van der Waals surface area contributed by atoms with Gasteiger partial charge >= 0.3 is 6.18 Å². The van der Waals surface area contributed by atoms with Crippen LogP contribution in [0.1, 0.15) is 44.1 Å². The van der Waals surface area contributed by atoms with E-state index in [0.29, 0.717) is 5.75 Å². The second-order valence-corrected chi connectivity index (χ2v) is 7.63. The molecule has 0 unspecified atom stereocenters. The summed E-state index contributed by atoms with van der Waals surface area (Å²) in [6, 6.07) is 7.43. The van der Waals surface area contributed by atoms with Crippen molar-refractivity contribution in [2.24, 2.45) is 17.8 Å². The summed E-state index contributed by atoms with van der Waals surface area (Å²) in [6.07, 6.45) is 3.44. The normalized spacial score (nSPS) is 36.6. The van der Waals surface area contributed by atoms with Crippen LogP contribution in [0.15, 0.2) is 24.3 Å². The molecule has 4 aliphatic rings. The Morgan fingerprint density at radius 1 is 1.00 bits per heavy atom. The molecule has 0 N–H and O–H groups in total. The van der Waals surface area contributed by atoms with Crippen LogP contribution in [0, 0.1) is 17.8 Å². The molecule has 4 saturated carbocycles. The van der Waals surface area contributed by atoms with Gasteiger partial charge in [0.05, 0.1) is 0 Å². The summed E-state index contributed by atoms with van der Waals surface area (Å²) in [5, 5.41) is 0. The summed E-state index contributed by atoms with van der Waals surface area (Å²) in [5.41, 5.74) is 1.40. The topological polar surface area (TPSA) is 9.23 Å². The van der Waals surface area contributed by atoms with Crippen LogP contribution in [-0.2, 0) is 5.41 Å². The van der Waals surface area contributed by atoms with E-state index in [9.17, 15) is 13.2 Å². The Kier molecular flexibility index (Phi) is 3.21. The molecule has 4 bridgehead atoms. The summed E-state index contributed by atoms with van der Waals surface area (Å²) in [6.45, 7) is -1.21. The first kappa shape index (κ1) is 14.4. The Hall–Kier alpha value is -1.19. The van der Waals surface area contributed by atoms with E-state index >= 15 is 0 Å². The number of benzene rings is 1. The minimum atomic E-state index is -4.28. The largest absolute Gasteiger partial charge is 0.484 e. The second kappa shape index (κ2) is 4.90. The first-order chi connectivity index (χ1) is 10.4. The summed E-state index contributed by atoms with van der Waals surface area (Å²) in [5.74, 6) is 2.83. The lowest BCUT2D eigenvalue weighted by molar-refractivity contribution is -0.153. The monoisotopic (exact) mass is 310 g/mol. The highest BCUT2D eigenvalue weighted by Gasteiger charge is 2.51. The van der Waals surface area contributed by atoms with Gasteiger partial charge in [-0.1, -0.05) is 12.1 Å². The first-order valence-corrected chi connectivity index (χ1v) is 8.22. The number of alkyl halides is 3. The predicted octanol–water partition coefficient (Wildman–Crippen LogP) is 5.10. The van der Waals surface area contributed by atoms with Gasteiger partial charge in [0.25, 0.3) is 0 Å². The van der Waals surface area contributed by atoms with Crippen LogP contribution in [0.3, 0.4) is 0 Å². The van der Waals surface area contributed by atoms with Gasteiger partial charge in [0, 0.05) is 0 Å². The van der Waals surface area contributed by atoms with Gasteiger partial charge < -0.3 is 4.74 Å². The molecule has 5 rings (SSSR count). The quantitative estimate of drug-likeness (QED) is 0.755. The van der Waals surface area contributed by atoms with Crippen molar-refractivity contribution >= 4 is 0 Å². The van der Waals surface area contributed by atoms with Crippen molar-refractivity contribution in [3.05, 3.63) is 29.8 Å². The summed E-state index contributed by atoms with van der Waals surface area (Å²) in [4.78, 5) is 0. The van der Waals surface area contributed by atoms with E-state index in [1.807, 2.05) is 12.1 Å². The smallest absolute Gasteiger partial charge is 0.422 e. The molecule has 120 valence electrons. The maximum absolute atomic E-state index is 12.3. The lowest BCUT2D eigenvalue weighted by Crippen LogP contribution is -2.48. The molecule has 0 saturated heterocycles. The fourth-order valence-electron chi connectivity index (χ4n) is 5.55. The Bertz CT molecular complexity index is 528. The number of halogens is 3. The van der Waals surface area contributed by atoms with Crippen molar-refractivity contribution in [3.63, 3.8) is 0 Å². The molecule has 4 heteroatoms. The van der Waals surface area contributed by atoms with Crippen molar-refractivity contribution in [1.29, 1.82) is 0 Å². The number of ether oxygens (including phenoxy) is 1. The highest BCUT2D eigenvalue weighted by molar-refractivity contribution is 5.36. The summed E-state index contributed by atoms with van der Waals surface area (Å²) in [7, 11) is 0. The molecule has 4 fully saturated rings. The molecule has 0 atom stereocenters. The van der Waals surface area contributed by atoms with Crippen molar-refractivity contribution in [1.82, 2.24) is 0 Å². The molecule has 0 amide bonds. The Morgan fingerprint density at radius 3 is 2.14 bits per heavy atom. The highest BCUT2D eigenvalue weighted by Crippen LogP contribution is 2.60. The van der Waals surface area contributed by atoms with Crippen LogP contribution in [0.25, 0.3) is 0 Å². The maximum Gasteiger partial charge on any atom is 0.422 e. The van der Waals surface area contributed by atoms with E-state index in [2.05, 4.69) is 6.07 Å². The third-order valence-electron chi connectivity index (χ3n) is 5.89. The fraction of sp³-hybridized carbons (Fsp3) is 0.667. The van der Waals surface area contributed by atoms with Gasteiger partial charge in [0.1, 0.15) is 5.75 Å². The van der Waals surface area contributed by atoms with Crippen LogP contribution >= 0.6 is 0 Å². The Labute approximate surface area is 128 Å². The van der Waals surface area contributed by atoms with Crippen molar-refractivity contribution < 1.29 is 17.9 Å². The van der Waals surface area contributed by atoms with Gasteiger partial charge in [-0.15, -0.1) is 0 Å². The standard InChI is InChI=1S/C18H21F3O/c19-18(20,21)11-22-16-3-1-2-15(7-16)17-8-12-4-13(9-17)6-14(5-12)10-17/h1-3,7,12-14H,4-6,8-11H2. The van der Waals surface area contributed by atoms with Gasteiger partial charge in [0.2, 0.25) is 0 Å². The van der Waals surface area contributed by atoms with E-state index < -0.39 is 12.8 Å². The molecule has 0 aliphatic heterocycles. The maximum atomic E-state index is 12.3. The molecule has 4 aliphatic carbocycles. The minimum absolute atomic E-state index is 0.201. The van der Waals surface area contributed by atoms with Crippen molar-refractivity contribution in [3.8, 4) is 5.75 Å². The molecule has 22 heavy (non-hydrogen) atoms. The van der Waals surface area contributed by atoms with E-state index in [4.69, 9.17) is 4.74 Å². The fourth-order valence-corrected chi connectivity index (χ4v) is 5.55.